The maximum atomic E-state index is 12.7. The van der Waals surface area contributed by atoms with E-state index in [4.69, 9.17) is 4.74 Å². The van der Waals surface area contributed by atoms with Gasteiger partial charge in [0.25, 0.3) is 0 Å². The van der Waals surface area contributed by atoms with Crippen LogP contribution in [0.5, 0.6) is 5.75 Å². The van der Waals surface area contributed by atoms with Crippen LogP contribution < -0.4 is 10.1 Å². The number of nitrogens with zero attached hydrogens (tertiary/aromatic N) is 3. The number of nitrogens with one attached hydrogen (secondary N) is 1. The van der Waals surface area contributed by atoms with Gasteiger partial charge in [0.2, 0.25) is 5.91 Å². The summed E-state index contributed by atoms with van der Waals surface area (Å²) in [6.45, 7) is 0. The van der Waals surface area contributed by atoms with Crippen molar-refractivity contribution >= 4 is 17.7 Å². The van der Waals surface area contributed by atoms with Crippen molar-refractivity contribution in [1.29, 1.82) is 0 Å². The summed E-state index contributed by atoms with van der Waals surface area (Å²) in [5, 5.41) is 12.4. The SMILES string of the molecule is COc1ccc(-n2cnnc2SCC(=O)NC23CC4CC(CC(C4)C2)C3)cc1. The van der Waals surface area contributed by atoms with Crippen LogP contribution in [0.15, 0.2) is 35.7 Å². The van der Waals surface area contributed by atoms with Gasteiger partial charge in [0.05, 0.1) is 12.9 Å². The highest BCUT2D eigenvalue weighted by Crippen LogP contribution is 2.55. The van der Waals surface area contributed by atoms with Crippen LogP contribution in [-0.4, -0.2) is 39.1 Å². The number of thioether (sulfide) groups is 1. The number of ether oxygens (including phenoxy) is 1. The van der Waals surface area contributed by atoms with Crippen LogP contribution in [0.3, 0.4) is 0 Å². The lowest BCUT2D eigenvalue weighted by atomic mass is 9.53. The molecule has 4 bridgehead atoms. The summed E-state index contributed by atoms with van der Waals surface area (Å²) >= 11 is 1.44. The molecule has 0 spiro atoms. The van der Waals surface area contributed by atoms with Crippen LogP contribution in [0.4, 0.5) is 0 Å². The lowest BCUT2D eigenvalue weighted by molar-refractivity contribution is -0.124. The molecule has 1 aromatic heterocycles. The fraction of sp³-hybridized carbons (Fsp3) is 0.571. The third kappa shape index (κ3) is 3.41. The van der Waals surface area contributed by atoms with Gasteiger partial charge in [-0.25, -0.2) is 0 Å². The normalized spacial score (nSPS) is 30.4. The van der Waals surface area contributed by atoms with Crippen molar-refractivity contribution in [3.8, 4) is 11.4 Å². The first-order chi connectivity index (χ1) is 13.6. The van der Waals surface area contributed by atoms with Crippen molar-refractivity contribution in [2.45, 2.75) is 49.2 Å². The lowest BCUT2D eigenvalue weighted by Gasteiger charge is -2.56. The molecule has 6 nitrogen and oxygen atoms in total. The van der Waals surface area contributed by atoms with E-state index < -0.39 is 0 Å². The quantitative estimate of drug-likeness (QED) is 0.755. The number of aromatic nitrogens is 3. The van der Waals surface area contributed by atoms with E-state index in [0.29, 0.717) is 5.75 Å². The predicted molar refractivity (Wildman–Crippen MR) is 108 cm³/mol. The summed E-state index contributed by atoms with van der Waals surface area (Å²) in [5.74, 6) is 3.79. The van der Waals surface area contributed by atoms with Gasteiger partial charge in [0.1, 0.15) is 12.1 Å². The Hall–Kier alpha value is -2.02. The minimum Gasteiger partial charge on any atom is -0.497 e. The van der Waals surface area contributed by atoms with E-state index in [1.54, 1.807) is 13.4 Å². The number of methoxy groups -OCH3 is 1. The molecule has 1 heterocycles. The molecular formula is C21H26N4O2S. The molecule has 4 saturated carbocycles. The first-order valence-corrected chi connectivity index (χ1v) is 11.1. The summed E-state index contributed by atoms with van der Waals surface area (Å²) in [5.41, 5.74) is 1.02. The zero-order chi connectivity index (χ0) is 19.1. The molecule has 0 unspecified atom stereocenters. The van der Waals surface area contributed by atoms with Gasteiger partial charge in [0.15, 0.2) is 5.16 Å². The van der Waals surface area contributed by atoms with Gasteiger partial charge in [-0.2, -0.15) is 0 Å². The molecule has 0 atom stereocenters. The first kappa shape index (κ1) is 18.0. The summed E-state index contributed by atoms with van der Waals surface area (Å²) in [7, 11) is 1.65. The van der Waals surface area contributed by atoms with Gasteiger partial charge >= 0.3 is 0 Å². The molecule has 0 radical (unpaired) electrons. The third-order valence-electron chi connectivity index (χ3n) is 6.64. The predicted octanol–water partition coefficient (Wildman–Crippen LogP) is 3.45. The number of amides is 1. The summed E-state index contributed by atoms with van der Waals surface area (Å²) in [6.07, 6.45) is 9.37. The molecule has 0 saturated heterocycles. The average molecular weight is 399 g/mol. The molecule has 1 aromatic carbocycles. The van der Waals surface area contributed by atoms with Gasteiger partial charge in [-0.15, -0.1) is 10.2 Å². The van der Waals surface area contributed by atoms with Crippen molar-refractivity contribution in [3.05, 3.63) is 30.6 Å². The van der Waals surface area contributed by atoms with Gasteiger partial charge in [-0.3, -0.25) is 9.36 Å². The minimum atomic E-state index is 0.0655. The Labute approximate surface area is 169 Å². The Morgan fingerprint density at radius 3 is 2.43 bits per heavy atom. The Morgan fingerprint density at radius 1 is 1.18 bits per heavy atom. The van der Waals surface area contributed by atoms with Gasteiger partial charge in [0, 0.05) is 11.2 Å². The molecule has 1 amide bonds. The highest BCUT2D eigenvalue weighted by atomic mass is 32.2. The number of benzene rings is 1. The van der Waals surface area contributed by atoms with E-state index in [-0.39, 0.29) is 11.4 Å². The first-order valence-electron chi connectivity index (χ1n) is 10.1. The Bertz CT molecular complexity index is 828. The standard InChI is InChI=1S/C21H26N4O2S/c1-27-18-4-2-17(3-5-18)25-13-22-24-20(25)28-12-19(26)23-21-9-14-6-15(10-21)8-16(7-14)11-21/h2-5,13-16H,6-12H2,1H3,(H,23,26). The summed E-state index contributed by atoms with van der Waals surface area (Å²) in [6, 6.07) is 7.73. The molecule has 4 aliphatic rings. The van der Waals surface area contributed by atoms with E-state index in [2.05, 4.69) is 15.5 Å². The summed E-state index contributed by atoms with van der Waals surface area (Å²) in [4.78, 5) is 12.7. The lowest BCUT2D eigenvalue weighted by Crippen LogP contribution is -2.60. The van der Waals surface area contributed by atoms with E-state index in [1.165, 1.54) is 50.3 Å². The molecule has 6 rings (SSSR count). The van der Waals surface area contributed by atoms with E-state index in [1.807, 2.05) is 28.8 Å². The number of hydrogen-bond acceptors (Lipinski definition) is 5. The monoisotopic (exact) mass is 398 g/mol. The van der Waals surface area contributed by atoms with Gasteiger partial charge < -0.3 is 10.1 Å². The van der Waals surface area contributed by atoms with Crippen LogP contribution in [0, 0.1) is 17.8 Å². The van der Waals surface area contributed by atoms with Gasteiger partial charge in [-0.05, 0) is 80.5 Å². The molecule has 1 N–H and O–H groups in total. The molecular weight excluding hydrogens is 372 g/mol. The number of carbonyl (C=O) groups excluding carboxylic acids is 1. The number of carbonyl (C=O) groups is 1. The molecule has 4 aliphatic carbocycles. The molecule has 4 fully saturated rings. The molecule has 148 valence electrons. The van der Waals surface area contributed by atoms with Crippen LogP contribution in [-0.2, 0) is 4.79 Å². The zero-order valence-electron chi connectivity index (χ0n) is 16.1. The second-order valence-corrected chi connectivity index (χ2v) is 9.66. The van der Waals surface area contributed by atoms with Crippen LogP contribution >= 0.6 is 11.8 Å². The second kappa shape index (κ2) is 7.10. The highest BCUT2D eigenvalue weighted by molar-refractivity contribution is 7.99. The average Bonchev–Trinajstić information content (AvgIpc) is 3.13. The van der Waals surface area contributed by atoms with E-state index in [9.17, 15) is 4.79 Å². The van der Waals surface area contributed by atoms with Crippen LogP contribution in [0.1, 0.15) is 38.5 Å². The van der Waals surface area contributed by atoms with E-state index in [0.717, 1.165) is 34.3 Å². The van der Waals surface area contributed by atoms with Gasteiger partial charge in [-0.1, -0.05) is 11.8 Å². The Balaban J connectivity index is 1.22. The molecule has 7 heteroatoms. The number of rotatable bonds is 6. The zero-order valence-corrected chi connectivity index (χ0v) is 17.0. The third-order valence-corrected chi connectivity index (χ3v) is 7.59. The largest absolute Gasteiger partial charge is 0.497 e. The van der Waals surface area contributed by atoms with Crippen molar-refractivity contribution < 1.29 is 9.53 Å². The second-order valence-electron chi connectivity index (χ2n) is 8.72. The fourth-order valence-corrected chi connectivity index (χ4v) is 6.70. The molecule has 0 aliphatic heterocycles. The van der Waals surface area contributed by atoms with Crippen molar-refractivity contribution in [1.82, 2.24) is 20.1 Å². The maximum Gasteiger partial charge on any atom is 0.230 e. The van der Waals surface area contributed by atoms with Crippen molar-refractivity contribution in [2.24, 2.45) is 17.8 Å². The van der Waals surface area contributed by atoms with Crippen LogP contribution in [0.25, 0.3) is 5.69 Å². The Kier molecular flexibility index (Phi) is 4.57. The topological polar surface area (TPSA) is 69.0 Å². The smallest absolute Gasteiger partial charge is 0.230 e. The highest BCUT2D eigenvalue weighted by Gasteiger charge is 2.51. The van der Waals surface area contributed by atoms with Crippen molar-refractivity contribution in [3.63, 3.8) is 0 Å². The van der Waals surface area contributed by atoms with E-state index >= 15 is 0 Å². The summed E-state index contributed by atoms with van der Waals surface area (Å²) < 4.78 is 7.12. The number of hydrogen-bond donors (Lipinski definition) is 1. The maximum absolute atomic E-state index is 12.7. The molecule has 2 aromatic rings. The Morgan fingerprint density at radius 2 is 1.82 bits per heavy atom. The molecule has 28 heavy (non-hydrogen) atoms. The van der Waals surface area contributed by atoms with Crippen molar-refractivity contribution in [2.75, 3.05) is 12.9 Å². The minimum absolute atomic E-state index is 0.0655. The van der Waals surface area contributed by atoms with Crippen LogP contribution in [0.2, 0.25) is 0 Å². The fourth-order valence-electron chi connectivity index (χ4n) is 5.97.